The van der Waals surface area contributed by atoms with Gasteiger partial charge in [0.2, 0.25) is 0 Å². The standard InChI is InChI=1S/C22H23F4N5O3S2/c1-30-17(2-5-28-30)18-10-13(22(24,25)26)3-7-31(18)16-4-8-34-19-12-20(15(23)11-14(16)19)36(32,33)29-21-27-6-9-35-21/h2,5-6,9,11-13,16,18H,3-4,7-8,10H2,1H3,(H,27,29)/t13-,16+,18+/m0/s1. The second kappa shape index (κ2) is 9.30. The number of aromatic nitrogens is 3. The third-order valence-electron chi connectivity index (χ3n) is 6.72. The second-order valence-corrected chi connectivity index (χ2v) is 11.4. The van der Waals surface area contributed by atoms with Gasteiger partial charge in [-0.05, 0) is 25.0 Å². The second-order valence-electron chi connectivity index (χ2n) is 8.81. The third-order valence-corrected chi connectivity index (χ3v) is 8.89. The highest BCUT2D eigenvalue weighted by atomic mass is 32.2. The van der Waals surface area contributed by atoms with Gasteiger partial charge in [-0.3, -0.25) is 14.3 Å². The van der Waals surface area contributed by atoms with E-state index in [2.05, 4.69) is 14.8 Å². The highest BCUT2D eigenvalue weighted by Crippen LogP contribution is 2.48. The molecule has 4 heterocycles. The predicted octanol–water partition coefficient (Wildman–Crippen LogP) is 4.66. The molecule has 2 aliphatic heterocycles. The predicted molar refractivity (Wildman–Crippen MR) is 124 cm³/mol. The number of rotatable bonds is 5. The van der Waals surface area contributed by atoms with Crippen LogP contribution in [0.25, 0.3) is 0 Å². The molecule has 0 amide bonds. The van der Waals surface area contributed by atoms with Gasteiger partial charge in [0, 0.05) is 55.5 Å². The number of anilines is 1. The van der Waals surface area contributed by atoms with Crippen molar-refractivity contribution in [1.82, 2.24) is 19.7 Å². The molecule has 0 spiro atoms. The molecule has 1 saturated heterocycles. The number of sulfonamides is 1. The van der Waals surface area contributed by atoms with Crippen LogP contribution >= 0.6 is 11.3 Å². The molecule has 2 aromatic heterocycles. The molecule has 3 aromatic rings. The van der Waals surface area contributed by atoms with E-state index in [1.54, 1.807) is 23.2 Å². The van der Waals surface area contributed by atoms with E-state index in [0.29, 0.717) is 17.7 Å². The Hall–Kier alpha value is -2.71. The van der Waals surface area contributed by atoms with Crippen LogP contribution in [0.5, 0.6) is 5.75 Å². The fourth-order valence-corrected chi connectivity index (χ4v) is 6.89. The van der Waals surface area contributed by atoms with Crippen molar-refractivity contribution in [3.8, 4) is 5.75 Å². The zero-order valence-corrected chi connectivity index (χ0v) is 20.7. The van der Waals surface area contributed by atoms with Crippen molar-refractivity contribution < 1.29 is 30.7 Å². The van der Waals surface area contributed by atoms with Gasteiger partial charge in [0.25, 0.3) is 10.0 Å². The Kier molecular flexibility index (Phi) is 6.45. The van der Waals surface area contributed by atoms with Crippen LogP contribution in [-0.4, -0.2) is 47.4 Å². The number of aryl methyl sites for hydroxylation is 1. The largest absolute Gasteiger partial charge is 0.493 e. The number of nitrogens with zero attached hydrogens (tertiary/aromatic N) is 4. The maximum atomic E-state index is 15.2. The minimum absolute atomic E-state index is 0.0861. The molecule has 1 N–H and O–H groups in total. The lowest BCUT2D eigenvalue weighted by atomic mass is 9.85. The SMILES string of the molecule is Cn1nccc1[C@H]1C[C@@H](C(F)(F)F)CCN1[C@@H]1CCOc2cc(S(=O)(=O)Nc3nccs3)c(F)cc21. The highest BCUT2D eigenvalue weighted by Gasteiger charge is 2.47. The van der Waals surface area contributed by atoms with E-state index < -0.39 is 44.9 Å². The van der Waals surface area contributed by atoms with E-state index in [4.69, 9.17) is 4.74 Å². The monoisotopic (exact) mass is 545 g/mol. The maximum Gasteiger partial charge on any atom is 0.391 e. The lowest BCUT2D eigenvalue weighted by molar-refractivity contribution is -0.192. The average molecular weight is 546 g/mol. The number of ether oxygens (including phenoxy) is 1. The minimum atomic E-state index is -4.32. The van der Waals surface area contributed by atoms with Crippen molar-refractivity contribution in [2.24, 2.45) is 13.0 Å². The molecule has 0 aliphatic carbocycles. The van der Waals surface area contributed by atoms with Crippen LogP contribution in [0.15, 0.2) is 40.9 Å². The van der Waals surface area contributed by atoms with Crippen LogP contribution < -0.4 is 9.46 Å². The Morgan fingerprint density at radius 2 is 2.00 bits per heavy atom. The number of thiazole rings is 1. The first-order chi connectivity index (χ1) is 17.0. The first-order valence-corrected chi connectivity index (χ1v) is 13.6. The Bertz CT molecular complexity index is 1340. The smallest absolute Gasteiger partial charge is 0.391 e. The number of likely N-dealkylation sites (tertiary alicyclic amines) is 1. The van der Waals surface area contributed by atoms with Crippen molar-refractivity contribution in [1.29, 1.82) is 0 Å². The number of alkyl halides is 3. The van der Waals surface area contributed by atoms with Gasteiger partial charge in [0.1, 0.15) is 16.5 Å². The molecular formula is C22H23F4N5O3S2. The van der Waals surface area contributed by atoms with Crippen LogP contribution in [0.4, 0.5) is 22.7 Å². The molecule has 0 radical (unpaired) electrons. The van der Waals surface area contributed by atoms with Crippen molar-refractivity contribution in [3.05, 3.63) is 53.0 Å². The molecule has 0 saturated carbocycles. The number of nitrogens with one attached hydrogen (secondary N) is 1. The van der Waals surface area contributed by atoms with Gasteiger partial charge in [0.15, 0.2) is 5.13 Å². The van der Waals surface area contributed by atoms with Gasteiger partial charge in [-0.15, -0.1) is 11.3 Å². The van der Waals surface area contributed by atoms with Crippen molar-refractivity contribution >= 4 is 26.5 Å². The molecule has 8 nitrogen and oxygen atoms in total. The fourth-order valence-electron chi connectivity index (χ4n) is 5.02. The van der Waals surface area contributed by atoms with Crippen molar-refractivity contribution in [2.75, 3.05) is 17.9 Å². The highest BCUT2D eigenvalue weighted by molar-refractivity contribution is 7.93. The van der Waals surface area contributed by atoms with Gasteiger partial charge < -0.3 is 4.74 Å². The van der Waals surface area contributed by atoms with Gasteiger partial charge in [-0.2, -0.15) is 18.3 Å². The molecular weight excluding hydrogens is 522 g/mol. The van der Waals surface area contributed by atoms with Crippen LogP contribution in [0.1, 0.15) is 42.6 Å². The van der Waals surface area contributed by atoms with Gasteiger partial charge in [-0.1, -0.05) is 0 Å². The summed E-state index contributed by atoms with van der Waals surface area (Å²) in [4.78, 5) is 5.21. The number of hydrogen-bond acceptors (Lipinski definition) is 7. The van der Waals surface area contributed by atoms with Gasteiger partial charge >= 0.3 is 6.18 Å². The van der Waals surface area contributed by atoms with Gasteiger partial charge in [-0.25, -0.2) is 17.8 Å². The number of piperidine rings is 1. The molecule has 1 fully saturated rings. The number of fused-ring (bicyclic) bond motifs is 1. The van der Waals surface area contributed by atoms with Crippen molar-refractivity contribution in [2.45, 2.75) is 42.4 Å². The Morgan fingerprint density at radius 1 is 1.19 bits per heavy atom. The number of hydrogen-bond donors (Lipinski definition) is 1. The molecule has 2 aliphatic rings. The summed E-state index contributed by atoms with van der Waals surface area (Å²) in [5, 5.41) is 5.81. The fraction of sp³-hybridized carbons (Fsp3) is 0.455. The summed E-state index contributed by atoms with van der Waals surface area (Å²) in [5.41, 5.74) is 1.04. The van der Waals surface area contributed by atoms with E-state index >= 15 is 4.39 Å². The Morgan fingerprint density at radius 3 is 2.67 bits per heavy atom. The van der Waals surface area contributed by atoms with E-state index in [-0.39, 0.29) is 36.9 Å². The maximum absolute atomic E-state index is 15.2. The minimum Gasteiger partial charge on any atom is -0.493 e. The molecule has 0 unspecified atom stereocenters. The number of benzene rings is 1. The zero-order chi connectivity index (χ0) is 25.7. The normalized spacial score (nSPS) is 23.2. The molecule has 3 atom stereocenters. The van der Waals surface area contributed by atoms with E-state index in [1.807, 2.05) is 4.90 Å². The summed E-state index contributed by atoms with van der Waals surface area (Å²) >= 11 is 1.05. The van der Waals surface area contributed by atoms with Crippen LogP contribution in [-0.2, 0) is 17.1 Å². The Balaban J connectivity index is 1.50. The molecule has 36 heavy (non-hydrogen) atoms. The summed E-state index contributed by atoms with van der Waals surface area (Å²) in [5.74, 6) is -2.25. The van der Waals surface area contributed by atoms with Crippen LogP contribution in [0, 0.1) is 11.7 Å². The quantitative estimate of drug-likeness (QED) is 0.470. The van der Waals surface area contributed by atoms with Crippen molar-refractivity contribution in [3.63, 3.8) is 0 Å². The summed E-state index contributed by atoms with van der Waals surface area (Å²) < 4.78 is 91.2. The van der Waals surface area contributed by atoms with Gasteiger partial charge in [0.05, 0.1) is 24.3 Å². The molecule has 14 heteroatoms. The lowest BCUT2D eigenvalue weighted by Crippen LogP contribution is -2.44. The van der Waals surface area contributed by atoms with E-state index in [9.17, 15) is 21.6 Å². The average Bonchev–Trinajstić information content (AvgIpc) is 3.48. The van der Waals surface area contributed by atoms with Crippen LogP contribution in [0.2, 0.25) is 0 Å². The molecule has 0 bridgehead atoms. The zero-order valence-electron chi connectivity index (χ0n) is 19.1. The van der Waals surface area contributed by atoms with Crippen LogP contribution in [0.3, 0.4) is 0 Å². The first-order valence-electron chi connectivity index (χ1n) is 11.2. The topological polar surface area (TPSA) is 89.4 Å². The Labute approximate surface area is 208 Å². The van der Waals surface area contributed by atoms with E-state index in [0.717, 1.165) is 23.5 Å². The summed E-state index contributed by atoms with van der Waals surface area (Å²) in [6.07, 6.45) is -1.19. The summed E-state index contributed by atoms with van der Waals surface area (Å²) in [6.45, 7) is 0.345. The number of halogens is 4. The summed E-state index contributed by atoms with van der Waals surface area (Å²) in [6, 6.07) is 2.88. The van der Waals surface area contributed by atoms with E-state index in [1.165, 1.54) is 12.4 Å². The third kappa shape index (κ3) is 4.68. The first kappa shape index (κ1) is 25.0. The molecule has 5 rings (SSSR count). The molecule has 1 aromatic carbocycles. The summed E-state index contributed by atoms with van der Waals surface area (Å²) in [7, 11) is -2.60. The lowest BCUT2D eigenvalue weighted by Gasteiger charge is -2.45. The molecule has 194 valence electrons.